The molecular formula is C13H19Cl2N3O2. The molecule has 0 amide bonds. The molecular weight excluding hydrogens is 301 g/mol. The Balaban J connectivity index is 3.11. The SMILES string of the molecule is CC(C)C(CN(C)C)Nc1cc(Cl)c(Cl)cc1[N+](=O)[O-]. The van der Waals surface area contributed by atoms with Crippen molar-refractivity contribution in [3.8, 4) is 0 Å². The average molecular weight is 320 g/mol. The summed E-state index contributed by atoms with van der Waals surface area (Å²) in [5.41, 5.74) is 0.328. The Labute approximate surface area is 129 Å². The highest BCUT2D eigenvalue weighted by atomic mass is 35.5. The molecule has 0 radical (unpaired) electrons. The highest BCUT2D eigenvalue weighted by Gasteiger charge is 2.21. The van der Waals surface area contributed by atoms with Gasteiger partial charge in [-0.3, -0.25) is 10.1 Å². The lowest BCUT2D eigenvalue weighted by molar-refractivity contribution is -0.384. The van der Waals surface area contributed by atoms with Gasteiger partial charge in [-0.25, -0.2) is 0 Å². The van der Waals surface area contributed by atoms with E-state index in [2.05, 4.69) is 19.2 Å². The zero-order valence-electron chi connectivity index (χ0n) is 12.0. The second-order valence-corrected chi connectivity index (χ2v) is 6.11. The van der Waals surface area contributed by atoms with Crippen molar-refractivity contribution < 1.29 is 4.92 Å². The maximum absolute atomic E-state index is 11.1. The van der Waals surface area contributed by atoms with Gasteiger partial charge >= 0.3 is 0 Å². The van der Waals surface area contributed by atoms with E-state index in [1.807, 2.05) is 19.0 Å². The highest BCUT2D eigenvalue weighted by molar-refractivity contribution is 6.42. The van der Waals surface area contributed by atoms with E-state index in [1.165, 1.54) is 12.1 Å². The standard InChI is InChI=1S/C13H19Cl2N3O2/c1-8(2)12(7-17(3)4)16-11-5-9(14)10(15)6-13(11)18(19)20/h5-6,8,12,16H,7H2,1-4H3. The number of nitro groups is 1. The third-order valence-corrected chi connectivity index (χ3v) is 3.66. The van der Waals surface area contributed by atoms with Crippen LogP contribution in [-0.2, 0) is 0 Å². The first-order valence-corrected chi connectivity index (χ1v) is 7.02. The Kier molecular flexibility index (Phi) is 6.05. The van der Waals surface area contributed by atoms with Crippen LogP contribution < -0.4 is 5.32 Å². The summed E-state index contributed by atoms with van der Waals surface area (Å²) in [7, 11) is 3.92. The monoisotopic (exact) mass is 319 g/mol. The Bertz CT molecular complexity index is 493. The molecule has 0 aromatic heterocycles. The minimum absolute atomic E-state index is 0.0659. The van der Waals surface area contributed by atoms with Gasteiger partial charge in [0.1, 0.15) is 5.69 Å². The van der Waals surface area contributed by atoms with E-state index < -0.39 is 4.92 Å². The molecule has 0 saturated carbocycles. The molecule has 0 bridgehead atoms. The number of benzene rings is 1. The van der Waals surface area contributed by atoms with Crippen LogP contribution in [0, 0.1) is 16.0 Å². The second-order valence-electron chi connectivity index (χ2n) is 5.30. The van der Waals surface area contributed by atoms with Crippen molar-refractivity contribution in [1.29, 1.82) is 0 Å². The van der Waals surface area contributed by atoms with E-state index in [1.54, 1.807) is 0 Å². The van der Waals surface area contributed by atoms with Crippen molar-refractivity contribution in [1.82, 2.24) is 4.90 Å². The number of rotatable bonds is 6. The molecule has 5 nitrogen and oxygen atoms in total. The van der Waals surface area contributed by atoms with E-state index in [0.717, 1.165) is 6.54 Å². The number of likely N-dealkylation sites (N-methyl/N-ethyl adjacent to an activating group) is 1. The fourth-order valence-corrected chi connectivity index (χ4v) is 2.14. The maximum atomic E-state index is 11.1. The van der Waals surface area contributed by atoms with Crippen LogP contribution in [0.25, 0.3) is 0 Å². The molecule has 0 fully saturated rings. The van der Waals surface area contributed by atoms with Crippen LogP contribution >= 0.6 is 23.2 Å². The van der Waals surface area contributed by atoms with E-state index in [-0.39, 0.29) is 16.8 Å². The van der Waals surface area contributed by atoms with Gasteiger partial charge in [0.2, 0.25) is 0 Å². The summed E-state index contributed by atoms with van der Waals surface area (Å²) in [4.78, 5) is 12.7. The Morgan fingerprint density at radius 3 is 2.30 bits per heavy atom. The molecule has 0 heterocycles. The molecule has 0 spiro atoms. The van der Waals surface area contributed by atoms with E-state index in [9.17, 15) is 10.1 Å². The molecule has 20 heavy (non-hydrogen) atoms. The van der Waals surface area contributed by atoms with Crippen LogP contribution in [0.1, 0.15) is 13.8 Å². The topological polar surface area (TPSA) is 58.4 Å². The molecule has 1 unspecified atom stereocenters. The molecule has 1 atom stereocenters. The number of halogens is 2. The molecule has 0 saturated heterocycles. The van der Waals surface area contributed by atoms with Crippen molar-refractivity contribution in [2.24, 2.45) is 5.92 Å². The number of nitrogens with zero attached hydrogens (tertiary/aromatic N) is 2. The van der Waals surface area contributed by atoms with Gasteiger partial charge in [-0.15, -0.1) is 0 Å². The Morgan fingerprint density at radius 1 is 1.30 bits per heavy atom. The van der Waals surface area contributed by atoms with Gasteiger partial charge in [-0.1, -0.05) is 37.0 Å². The first-order valence-electron chi connectivity index (χ1n) is 6.27. The number of anilines is 1. The molecule has 0 aliphatic heterocycles. The van der Waals surface area contributed by atoms with Gasteiger partial charge in [0, 0.05) is 18.7 Å². The lowest BCUT2D eigenvalue weighted by Crippen LogP contribution is -2.36. The lowest BCUT2D eigenvalue weighted by atomic mass is 10.0. The van der Waals surface area contributed by atoms with Crippen LogP contribution in [-0.4, -0.2) is 36.5 Å². The first kappa shape index (κ1) is 17.0. The van der Waals surface area contributed by atoms with Gasteiger partial charge in [0.05, 0.1) is 15.0 Å². The Hall–Kier alpha value is -1.04. The second kappa shape index (κ2) is 7.11. The quantitative estimate of drug-likeness (QED) is 0.638. The van der Waals surface area contributed by atoms with E-state index in [4.69, 9.17) is 23.2 Å². The number of hydrogen-bond acceptors (Lipinski definition) is 4. The van der Waals surface area contributed by atoms with E-state index in [0.29, 0.717) is 16.6 Å². The Morgan fingerprint density at radius 2 is 1.85 bits per heavy atom. The van der Waals surface area contributed by atoms with Gasteiger partial charge in [-0.2, -0.15) is 0 Å². The van der Waals surface area contributed by atoms with Gasteiger partial charge in [0.15, 0.2) is 0 Å². The van der Waals surface area contributed by atoms with Gasteiger partial charge in [-0.05, 0) is 26.1 Å². The highest BCUT2D eigenvalue weighted by Crippen LogP contribution is 2.34. The fourth-order valence-electron chi connectivity index (χ4n) is 1.82. The molecule has 1 rings (SSSR count). The predicted octanol–water partition coefficient (Wildman–Crippen LogP) is 3.90. The van der Waals surface area contributed by atoms with E-state index >= 15 is 0 Å². The average Bonchev–Trinajstić information content (AvgIpc) is 2.31. The maximum Gasteiger partial charge on any atom is 0.293 e. The molecule has 1 N–H and O–H groups in total. The van der Waals surface area contributed by atoms with Crippen molar-refractivity contribution >= 4 is 34.6 Å². The minimum Gasteiger partial charge on any atom is -0.375 e. The van der Waals surface area contributed by atoms with Crippen LogP contribution in [0.4, 0.5) is 11.4 Å². The van der Waals surface area contributed by atoms with Crippen LogP contribution in [0.3, 0.4) is 0 Å². The predicted molar refractivity (Wildman–Crippen MR) is 83.9 cm³/mol. The van der Waals surface area contributed by atoms with Gasteiger partial charge in [0.25, 0.3) is 5.69 Å². The molecule has 112 valence electrons. The van der Waals surface area contributed by atoms with Gasteiger partial charge < -0.3 is 10.2 Å². The number of nitrogens with one attached hydrogen (secondary N) is 1. The molecule has 1 aromatic rings. The summed E-state index contributed by atoms with van der Waals surface area (Å²) >= 11 is 11.8. The zero-order valence-corrected chi connectivity index (χ0v) is 13.5. The first-order chi connectivity index (χ1) is 9.22. The molecule has 1 aromatic carbocycles. The molecule has 0 aliphatic carbocycles. The van der Waals surface area contributed by atoms with Crippen LogP contribution in [0.5, 0.6) is 0 Å². The van der Waals surface area contributed by atoms with Crippen molar-refractivity contribution in [3.63, 3.8) is 0 Å². The summed E-state index contributed by atoms with van der Waals surface area (Å²) in [6, 6.07) is 2.85. The van der Waals surface area contributed by atoms with Crippen molar-refractivity contribution in [2.75, 3.05) is 26.0 Å². The fraction of sp³-hybridized carbons (Fsp3) is 0.538. The molecule has 7 heteroatoms. The lowest BCUT2D eigenvalue weighted by Gasteiger charge is -2.26. The smallest absolute Gasteiger partial charge is 0.293 e. The number of hydrogen-bond donors (Lipinski definition) is 1. The third-order valence-electron chi connectivity index (χ3n) is 2.94. The third kappa shape index (κ3) is 4.51. The summed E-state index contributed by atoms with van der Waals surface area (Å²) in [5.74, 6) is 0.312. The summed E-state index contributed by atoms with van der Waals surface area (Å²) in [6.45, 7) is 4.88. The van der Waals surface area contributed by atoms with Crippen molar-refractivity contribution in [3.05, 3.63) is 32.3 Å². The summed E-state index contributed by atoms with van der Waals surface area (Å²) in [5, 5.41) is 14.8. The van der Waals surface area contributed by atoms with Crippen LogP contribution in [0.2, 0.25) is 10.0 Å². The van der Waals surface area contributed by atoms with Crippen molar-refractivity contribution in [2.45, 2.75) is 19.9 Å². The summed E-state index contributed by atoms with van der Waals surface area (Å²) in [6.07, 6.45) is 0. The molecule has 0 aliphatic rings. The zero-order chi connectivity index (χ0) is 15.4. The largest absolute Gasteiger partial charge is 0.375 e. The van der Waals surface area contributed by atoms with Crippen LogP contribution in [0.15, 0.2) is 12.1 Å². The number of nitro benzene ring substituents is 1. The normalized spacial score (nSPS) is 12.8. The minimum atomic E-state index is -0.461. The summed E-state index contributed by atoms with van der Waals surface area (Å²) < 4.78 is 0.